The third-order valence-electron chi connectivity index (χ3n) is 5.25. The number of likely N-dealkylation sites (N-methyl/N-ethyl adjacent to an activating group) is 2. The molecule has 2 aromatic rings. The van der Waals surface area contributed by atoms with E-state index in [1.54, 1.807) is 11.3 Å². The van der Waals surface area contributed by atoms with Gasteiger partial charge in [-0.15, -0.1) is 11.3 Å². The van der Waals surface area contributed by atoms with Gasteiger partial charge in [-0.05, 0) is 51.1 Å². The highest BCUT2D eigenvalue weighted by Crippen LogP contribution is 2.36. The molecular formula is C19H28N4O2S. The second-order valence-corrected chi connectivity index (χ2v) is 8.26. The smallest absolute Gasteiger partial charge is 0.259 e. The maximum Gasteiger partial charge on any atom is 0.259 e. The van der Waals surface area contributed by atoms with E-state index in [9.17, 15) is 9.59 Å². The lowest BCUT2D eigenvalue weighted by atomic mass is 9.89. The Morgan fingerprint density at radius 1 is 1.46 bits per heavy atom. The molecule has 6 nitrogen and oxygen atoms in total. The number of aromatic amines is 1. The van der Waals surface area contributed by atoms with Crippen molar-refractivity contribution in [2.45, 2.75) is 53.0 Å². The van der Waals surface area contributed by atoms with Crippen LogP contribution in [0.2, 0.25) is 0 Å². The number of aromatic nitrogens is 2. The van der Waals surface area contributed by atoms with Crippen LogP contribution in [-0.2, 0) is 17.6 Å². The SMILES string of the molecule is CCNC(=O)CN(CC)C(C)c1nc2sc3c(c2c(=O)[nH]1)CCC(C)C3. The van der Waals surface area contributed by atoms with Crippen LogP contribution in [0.4, 0.5) is 0 Å². The minimum absolute atomic E-state index is 0.00907. The molecule has 0 saturated heterocycles. The summed E-state index contributed by atoms with van der Waals surface area (Å²) in [5, 5.41) is 3.60. The molecule has 3 rings (SSSR count). The predicted molar refractivity (Wildman–Crippen MR) is 106 cm³/mol. The Morgan fingerprint density at radius 3 is 2.92 bits per heavy atom. The fraction of sp³-hybridized carbons (Fsp3) is 0.632. The van der Waals surface area contributed by atoms with Gasteiger partial charge in [-0.25, -0.2) is 4.98 Å². The van der Waals surface area contributed by atoms with Gasteiger partial charge in [-0.1, -0.05) is 13.8 Å². The minimum Gasteiger partial charge on any atom is -0.355 e. The molecule has 142 valence electrons. The summed E-state index contributed by atoms with van der Waals surface area (Å²) in [6, 6.07) is -0.127. The average Bonchev–Trinajstić information content (AvgIpc) is 2.96. The number of rotatable bonds is 6. The number of hydrogen-bond acceptors (Lipinski definition) is 5. The van der Waals surface area contributed by atoms with Crippen molar-refractivity contribution in [2.75, 3.05) is 19.6 Å². The van der Waals surface area contributed by atoms with Crippen molar-refractivity contribution in [2.24, 2.45) is 5.92 Å². The van der Waals surface area contributed by atoms with E-state index in [-0.39, 0.29) is 17.5 Å². The number of H-pyrrole nitrogens is 1. The van der Waals surface area contributed by atoms with Crippen LogP contribution in [0.5, 0.6) is 0 Å². The van der Waals surface area contributed by atoms with Gasteiger partial charge in [0.05, 0.1) is 18.0 Å². The summed E-state index contributed by atoms with van der Waals surface area (Å²) >= 11 is 1.66. The Hall–Kier alpha value is -1.73. The minimum atomic E-state index is -0.127. The molecule has 2 heterocycles. The molecule has 0 radical (unpaired) electrons. The average molecular weight is 377 g/mol. The molecule has 0 spiro atoms. The van der Waals surface area contributed by atoms with Gasteiger partial charge in [0, 0.05) is 11.4 Å². The lowest BCUT2D eigenvalue weighted by Crippen LogP contribution is -2.39. The van der Waals surface area contributed by atoms with Gasteiger partial charge >= 0.3 is 0 Å². The van der Waals surface area contributed by atoms with Crippen molar-refractivity contribution in [3.8, 4) is 0 Å². The van der Waals surface area contributed by atoms with E-state index in [4.69, 9.17) is 4.98 Å². The molecule has 26 heavy (non-hydrogen) atoms. The van der Waals surface area contributed by atoms with Crippen LogP contribution in [0.3, 0.4) is 0 Å². The molecule has 0 aliphatic heterocycles. The summed E-state index contributed by atoms with van der Waals surface area (Å²) in [7, 11) is 0. The quantitative estimate of drug-likeness (QED) is 0.812. The number of hydrogen-bond donors (Lipinski definition) is 2. The summed E-state index contributed by atoms with van der Waals surface area (Å²) in [5.74, 6) is 1.30. The highest BCUT2D eigenvalue weighted by molar-refractivity contribution is 7.18. The first-order chi connectivity index (χ1) is 12.4. The Bertz CT molecular complexity index is 857. The Balaban J connectivity index is 1.92. The molecule has 0 bridgehead atoms. The van der Waals surface area contributed by atoms with Crippen LogP contribution in [0.1, 0.15) is 56.4 Å². The molecule has 0 fully saturated rings. The third kappa shape index (κ3) is 3.69. The number of nitrogens with one attached hydrogen (secondary N) is 2. The molecule has 1 aliphatic carbocycles. The number of amides is 1. The first-order valence-electron chi connectivity index (χ1n) is 9.49. The van der Waals surface area contributed by atoms with Gasteiger partial charge in [-0.2, -0.15) is 0 Å². The summed E-state index contributed by atoms with van der Waals surface area (Å²) in [5.41, 5.74) is 1.16. The van der Waals surface area contributed by atoms with E-state index in [0.717, 1.165) is 29.5 Å². The molecular weight excluding hydrogens is 348 g/mol. The van der Waals surface area contributed by atoms with Gasteiger partial charge in [0.15, 0.2) is 0 Å². The monoisotopic (exact) mass is 376 g/mol. The zero-order valence-electron chi connectivity index (χ0n) is 16.0. The van der Waals surface area contributed by atoms with E-state index in [2.05, 4.69) is 17.2 Å². The molecule has 0 saturated carbocycles. The second kappa shape index (κ2) is 7.88. The van der Waals surface area contributed by atoms with Gasteiger partial charge < -0.3 is 10.3 Å². The second-order valence-electron chi connectivity index (χ2n) is 7.18. The largest absolute Gasteiger partial charge is 0.355 e. The number of fused-ring (bicyclic) bond motifs is 3. The molecule has 1 amide bonds. The normalized spacial score (nSPS) is 18.1. The molecule has 2 unspecified atom stereocenters. The molecule has 7 heteroatoms. The maximum atomic E-state index is 12.8. The van der Waals surface area contributed by atoms with E-state index in [1.165, 1.54) is 10.4 Å². The van der Waals surface area contributed by atoms with Crippen molar-refractivity contribution in [3.63, 3.8) is 0 Å². The topological polar surface area (TPSA) is 78.1 Å². The molecule has 1 aliphatic rings. The Labute approximate surface area is 158 Å². The van der Waals surface area contributed by atoms with Crippen LogP contribution >= 0.6 is 11.3 Å². The molecule has 0 aromatic carbocycles. The maximum absolute atomic E-state index is 12.8. The van der Waals surface area contributed by atoms with Crippen LogP contribution in [0, 0.1) is 5.92 Å². The summed E-state index contributed by atoms with van der Waals surface area (Å²) in [4.78, 5) is 36.6. The fourth-order valence-corrected chi connectivity index (χ4v) is 5.09. The summed E-state index contributed by atoms with van der Waals surface area (Å²) < 4.78 is 0. The highest BCUT2D eigenvalue weighted by Gasteiger charge is 2.25. The van der Waals surface area contributed by atoms with E-state index >= 15 is 0 Å². The van der Waals surface area contributed by atoms with Gasteiger partial charge in [0.2, 0.25) is 5.91 Å². The van der Waals surface area contributed by atoms with E-state index in [0.29, 0.717) is 31.4 Å². The van der Waals surface area contributed by atoms with Gasteiger partial charge in [-0.3, -0.25) is 14.5 Å². The Kier molecular flexibility index (Phi) is 5.77. The lowest BCUT2D eigenvalue weighted by Gasteiger charge is -2.26. The van der Waals surface area contributed by atoms with Gasteiger partial charge in [0.1, 0.15) is 10.7 Å². The van der Waals surface area contributed by atoms with Crippen molar-refractivity contribution in [1.82, 2.24) is 20.2 Å². The van der Waals surface area contributed by atoms with Crippen LogP contribution in [-0.4, -0.2) is 40.4 Å². The predicted octanol–water partition coefficient (Wildman–Crippen LogP) is 2.63. The number of nitrogens with zero attached hydrogens (tertiary/aromatic N) is 2. The van der Waals surface area contributed by atoms with Crippen molar-refractivity contribution < 1.29 is 4.79 Å². The first kappa shape index (κ1) is 19.0. The lowest BCUT2D eigenvalue weighted by molar-refractivity contribution is -0.122. The van der Waals surface area contributed by atoms with E-state index in [1.807, 2.05) is 25.7 Å². The molecule has 2 atom stereocenters. The molecule has 2 aromatic heterocycles. The van der Waals surface area contributed by atoms with Crippen molar-refractivity contribution >= 4 is 27.5 Å². The summed E-state index contributed by atoms with van der Waals surface area (Å²) in [6.45, 7) is 9.79. The van der Waals surface area contributed by atoms with Gasteiger partial charge in [0.25, 0.3) is 5.56 Å². The zero-order valence-corrected chi connectivity index (χ0v) is 16.8. The molecule has 2 N–H and O–H groups in total. The van der Waals surface area contributed by atoms with Crippen molar-refractivity contribution in [3.05, 3.63) is 26.6 Å². The van der Waals surface area contributed by atoms with E-state index < -0.39 is 0 Å². The first-order valence-corrected chi connectivity index (χ1v) is 10.3. The number of carbonyl (C=O) groups excluding carboxylic acids is 1. The number of carbonyl (C=O) groups is 1. The number of thiophene rings is 1. The van der Waals surface area contributed by atoms with Crippen molar-refractivity contribution in [1.29, 1.82) is 0 Å². The zero-order chi connectivity index (χ0) is 18.8. The standard InChI is InChI=1S/C19H28N4O2S/c1-5-20-15(24)10-23(6-2)12(4)17-21-18(25)16-13-8-7-11(3)9-14(13)26-19(16)22-17/h11-12H,5-10H2,1-4H3,(H,20,24)(H,21,22,25). The number of aryl methyl sites for hydroxylation is 1. The summed E-state index contributed by atoms with van der Waals surface area (Å²) in [6.07, 6.45) is 3.14. The Morgan fingerprint density at radius 2 is 2.23 bits per heavy atom. The van der Waals surface area contributed by atoms with Crippen LogP contribution in [0.25, 0.3) is 10.2 Å². The fourth-order valence-electron chi connectivity index (χ4n) is 3.70. The van der Waals surface area contributed by atoms with Crippen LogP contribution < -0.4 is 10.9 Å². The third-order valence-corrected chi connectivity index (χ3v) is 6.40. The van der Waals surface area contributed by atoms with Crippen LogP contribution in [0.15, 0.2) is 4.79 Å². The highest BCUT2D eigenvalue weighted by atomic mass is 32.1.